The summed E-state index contributed by atoms with van der Waals surface area (Å²) in [4.78, 5) is 38.8. The van der Waals surface area contributed by atoms with Gasteiger partial charge in [-0.1, -0.05) is 46.4 Å². The van der Waals surface area contributed by atoms with Gasteiger partial charge in [0.05, 0.1) is 11.1 Å². The Kier molecular flexibility index (Phi) is 8.43. The van der Waals surface area contributed by atoms with Gasteiger partial charge in [-0.25, -0.2) is 9.59 Å². The monoisotopic (exact) mass is 582 g/mol. The molecule has 0 bridgehead atoms. The number of Topliss-reactive ketones (excluding diaryl/α,β-unsaturated/α-hetero) is 1. The third-order valence-corrected chi connectivity index (χ3v) is 6.85. The van der Waals surface area contributed by atoms with Crippen LogP contribution < -0.4 is 0 Å². The summed E-state index contributed by atoms with van der Waals surface area (Å²) in [6, 6.07) is 17.4. The Morgan fingerprint density at radius 3 is 1.68 bits per heavy atom. The third-order valence-electron chi connectivity index (χ3n) is 5.65. The maximum absolute atomic E-state index is 13.4. The molecule has 37 heavy (non-hydrogen) atoms. The van der Waals surface area contributed by atoms with E-state index in [0.29, 0.717) is 15.1 Å². The van der Waals surface area contributed by atoms with Crippen molar-refractivity contribution in [3.63, 3.8) is 0 Å². The molecule has 3 aromatic carbocycles. The highest BCUT2D eigenvalue weighted by Gasteiger charge is 2.62. The first kappa shape index (κ1) is 27.4. The molecule has 4 rings (SSSR count). The number of benzene rings is 3. The lowest BCUT2D eigenvalue weighted by molar-refractivity contribution is -0.0582. The summed E-state index contributed by atoms with van der Waals surface area (Å²) in [6.07, 6.45) is -2.92. The van der Waals surface area contributed by atoms with Gasteiger partial charge in [0.1, 0.15) is 12.7 Å². The summed E-state index contributed by atoms with van der Waals surface area (Å²) in [5, 5.41) is 12.7. The number of carbonyl (C=O) groups excluding carboxylic acids is 3. The van der Waals surface area contributed by atoms with Crippen molar-refractivity contribution in [1.82, 2.24) is 0 Å². The number of esters is 2. The van der Waals surface area contributed by atoms with Gasteiger partial charge in [-0.15, -0.1) is 0 Å². The zero-order valence-electron chi connectivity index (χ0n) is 18.8. The lowest BCUT2D eigenvalue weighted by Crippen LogP contribution is -2.55. The van der Waals surface area contributed by atoms with Crippen molar-refractivity contribution >= 4 is 64.1 Å². The Labute approximate surface area is 231 Å². The quantitative estimate of drug-likeness (QED) is 0.219. The average Bonchev–Trinajstić information content (AvgIpc) is 3.13. The predicted molar refractivity (Wildman–Crippen MR) is 138 cm³/mol. The van der Waals surface area contributed by atoms with Gasteiger partial charge in [0.25, 0.3) is 0 Å². The molecule has 1 aliphatic rings. The first-order valence-corrected chi connectivity index (χ1v) is 12.4. The van der Waals surface area contributed by atoms with Crippen LogP contribution in [0.1, 0.15) is 31.1 Å². The van der Waals surface area contributed by atoms with Gasteiger partial charge in [-0.05, 0) is 72.8 Å². The lowest BCUT2D eigenvalue weighted by Gasteiger charge is -2.30. The number of alkyl halides is 1. The van der Waals surface area contributed by atoms with Crippen LogP contribution >= 0.6 is 46.4 Å². The minimum absolute atomic E-state index is 0.0486. The smallest absolute Gasteiger partial charge is 0.338 e. The van der Waals surface area contributed by atoms with Crippen LogP contribution in [-0.4, -0.2) is 52.8 Å². The van der Waals surface area contributed by atoms with Crippen molar-refractivity contribution in [3.8, 4) is 0 Å². The maximum atomic E-state index is 13.4. The molecule has 0 amide bonds. The van der Waals surface area contributed by atoms with Gasteiger partial charge < -0.3 is 19.3 Å². The van der Waals surface area contributed by atoms with Crippen molar-refractivity contribution in [3.05, 3.63) is 105 Å². The molecule has 1 N–H and O–H groups in total. The normalized spacial score (nSPS) is 22.9. The van der Waals surface area contributed by atoms with E-state index in [2.05, 4.69) is 0 Å². The van der Waals surface area contributed by atoms with E-state index < -0.39 is 47.7 Å². The summed E-state index contributed by atoms with van der Waals surface area (Å²) in [5.41, 5.74) is -3.81. The Hall–Kier alpha value is -2.65. The van der Waals surface area contributed by atoms with E-state index in [0.717, 1.165) is 0 Å². The second-order valence-corrected chi connectivity index (χ2v) is 9.80. The van der Waals surface area contributed by atoms with Crippen LogP contribution in [0.5, 0.6) is 0 Å². The van der Waals surface area contributed by atoms with Crippen molar-refractivity contribution in [1.29, 1.82) is 0 Å². The Morgan fingerprint density at radius 2 is 1.19 bits per heavy atom. The molecule has 3 aromatic rings. The average molecular weight is 584 g/mol. The number of ketones is 1. The van der Waals surface area contributed by atoms with Gasteiger partial charge in [0.2, 0.25) is 11.4 Å². The molecule has 192 valence electrons. The van der Waals surface area contributed by atoms with E-state index in [1.165, 1.54) is 72.8 Å². The molecule has 7 nitrogen and oxygen atoms in total. The Balaban J connectivity index is 1.61. The van der Waals surface area contributed by atoms with E-state index in [-0.39, 0.29) is 16.7 Å². The molecule has 11 heteroatoms. The highest BCUT2D eigenvalue weighted by atomic mass is 35.5. The highest BCUT2D eigenvalue weighted by Crippen LogP contribution is 2.39. The van der Waals surface area contributed by atoms with E-state index in [1.807, 2.05) is 0 Å². The molecule has 0 unspecified atom stereocenters. The number of halogens is 4. The van der Waals surface area contributed by atoms with Crippen LogP contribution in [-0.2, 0) is 14.2 Å². The summed E-state index contributed by atoms with van der Waals surface area (Å²) in [5.74, 6) is -2.48. The zero-order chi connectivity index (χ0) is 26.7. The molecule has 1 heterocycles. The van der Waals surface area contributed by atoms with Gasteiger partial charge in [0.15, 0.2) is 11.7 Å². The number of hydrogen-bond acceptors (Lipinski definition) is 7. The fraction of sp³-hybridized carbons (Fsp3) is 0.192. The summed E-state index contributed by atoms with van der Waals surface area (Å²) in [6.45, 7) is -0.487. The fourth-order valence-electron chi connectivity index (χ4n) is 3.69. The van der Waals surface area contributed by atoms with E-state index in [1.54, 1.807) is 0 Å². The topological polar surface area (TPSA) is 99.1 Å². The molecule has 0 saturated carbocycles. The van der Waals surface area contributed by atoms with Gasteiger partial charge in [-0.3, -0.25) is 4.79 Å². The molecule has 1 aliphatic heterocycles. The summed E-state index contributed by atoms with van der Waals surface area (Å²) >= 11 is 23.9. The lowest BCUT2D eigenvalue weighted by atomic mass is 9.87. The fourth-order valence-corrected chi connectivity index (χ4v) is 4.43. The van der Waals surface area contributed by atoms with Crippen LogP contribution in [0.2, 0.25) is 15.1 Å². The second kappa shape index (κ2) is 11.4. The number of hydrogen-bond donors (Lipinski definition) is 1. The Morgan fingerprint density at radius 1 is 0.757 bits per heavy atom. The number of ether oxygens (including phenoxy) is 3. The maximum Gasteiger partial charge on any atom is 0.338 e. The summed E-state index contributed by atoms with van der Waals surface area (Å²) in [7, 11) is 0. The number of rotatable bonds is 7. The van der Waals surface area contributed by atoms with E-state index >= 15 is 0 Å². The van der Waals surface area contributed by atoms with E-state index in [4.69, 9.17) is 60.6 Å². The molecule has 0 aliphatic carbocycles. The van der Waals surface area contributed by atoms with Crippen molar-refractivity contribution in [2.45, 2.75) is 23.4 Å². The van der Waals surface area contributed by atoms with Crippen LogP contribution in [0, 0.1) is 0 Å². The molecular formula is C26H18Cl4O7. The van der Waals surface area contributed by atoms with Crippen LogP contribution in [0.25, 0.3) is 0 Å². The SMILES string of the molecule is O=C(OC[C@H]1O[C@H](Cl)[C@](O)(C(=O)c2ccc(Cl)cc2)[C@@H]1OC(=O)c1ccc(Cl)cc1)c1ccc(Cl)cc1. The first-order chi connectivity index (χ1) is 17.6. The minimum Gasteiger partial charge on any atom is -0.459 e. The first-order valence-electron chi connectivity index (χ1n) is 10.8. The third kappa shape index (κ3) is 5.93. The Bertz CT molecular complexity index is 1300. The molecule has 1 fully saturated rings. The van der Waals surface area contributed by atoms with Crippen LogP contribution in [0.15, 0.2) is 72.8 Å². The van der Waals surface area contributed by atoms with Crippen molar-refractivity contribution in [2.24, 2.45) is 0 Å². The highest BCUT2D eigenvalue weighted by molar-refractivity contribution is 6.31. The van der Waals surface area contributed by atoms with Gasteiger partial charge >= 0.3 is 11.9 Å². The summed E-state index contributed by atoms with van der Waals surface area (Å²) < 4.78 is 16.5. The number of aliphatic hydroxyl groups is 1. The van der Waals surface area contributed by atoms with Crippen LogP contribution in [0.3, 0.4) is 0 Å². The largest absolute Gasteiger partial charge is 0.459 e. The van der Waals surface area contributed by atoms with Gasteiger partial charge in [-0.2, -0.15) is 0 Å². The standard InChI is InChI=1S/C26H18Cl4O7/c27-17-7-1-14(2-8-17)21(31)26(34)22(37-24(33)16-5-11-19(29)12-6-16)20(36-25(26)30)13-35-23(32)15-3-9-18(28)10-4-15/h1-12,20,22,25,34H,13H2/t20-,22-,25+,26+/m1/s1. The predicted octanol–water partition coefficient (Wildman–Crippen LogP) is 5.61. The molecule has 1 saturated heterocycles. The van der Waals surface area contributed by atoms with E-state index in [9.17, 15) is 19.5 Å². The second-order valence-electron chi connectivity index (χ2n) is 8.09. The molecular weight excluding hydrogens is 566 g/mol. The minimum atomic E-state index is -2.52. The molecule has 0 radical (unpaired) electrons. The molecule has 0 aromatic heterocycles. The zero-order valence-corrected chi connectivity index (χ0v) is 21.8. The van der Waals surface area contributed by atoms with Gasteiger partial charge in [0, 0.05) is 20.6 Å². The molecule has 0 spiro atoms. The van der Waals surface area contributed by atoms with Crippen molar-refractivity contribution < 1.29 is 33.7 Å². The van der Waals surface area contributed by atoms with Crippen LogP contribution in [0.4, 0.5) is 0 Å². The number of carbonyl (C=O) groups is 3. The molecule has 4 atom stereocenters. The van der Waals surface area contributed by atoms with Crippen molar-refractivity contribution in [2.75, 3.05) is 6.61 Å².